The van der Waals surface area contributed by atoms with Gasteiger partial charge >= 0.3 is 5.97 Å². The van der Waals surface area contributed by atoms with Gasteiger partial charge in [-0.05, 0) is 24.3 Å². The van der Waals surface area contributed by atoms with Crippen molar-refractivity contribution in [1.29, 1.82) is 0 Å². The number of rotatable bonds is 4. The molecule has 192 valence electrons. The van der Waals surface area contributed by atoms with E-state index in [0.717, 1.165) is 0 Å². The lowest BCUT2D eigenvalue weighted by atomic mass is 10.3. The molecule has 2 aromatic rings. The fourth-order valence-electron chi connectivity index (χ4n) is 3.11. The van der Waals surface area contributed by atoms with E-state index in [1.807, 2.05) is 48.5 Å². The Morgan fingerprint density at radius 2 is 1.17 bits per heavy atom. The molecule has 0 bridgehead atoms. The molecular formula is C25H32O10. The van der Waals surface area contributed by atoms with Crippen molar-refractivity contribution in [2.24, 2.45) is 0 Å². The third kappa shape index (κ3) is 10.4. The second-order valence-corrected chi connectivity index (χ2v) is 7.38. The fraction of sp³-hybridized carbons (Fsp3) is 0.480. The van der Waals surface area contributed by atoms with Crippen LogP contribution in [0.5, 0.6) is 23.0 Å². The van der Waals surface area contributed by atoms with Crippen molar-refractivity contribution >= 4 is 5.97 Å². The molecule has 1 aliphatic heterocycles. The summed E-state index contributed by atoms with van der Waals surface area (Å²) in [6.45, 7) is 2.52. The Labute approximate surface area is 204 Å². The first kappa shape index (κ1) is 26.6. The van der Waals surface area contributed by atoms with E-state index >= 15 is 0 Å². The molecule has 0 saturated carbocycles. The van der Waals surface area contributed by atoms with Crippen LogP contribution in [0.2, 0.25) is 0 Å². The normalized spacial score (nSPS) is 18.7. The molecule has 10 heteroatoms. The summed E-state index contributed by atoms with van der Waals surface area (Å²) in [6, 6.07) is 14.7. The molecule has 0 aromatic heterocycles. The highest BCUT2D eigenvalue weighted by Gasteiger charge is 2.13. The van der Waals surface area contributed by atoms with E-state index in [4.69, 9.17) is 43.0 Å². The number of ether oxygens (including phenoxy) is 8. The predicted octanol–water partition coefficient (Wildman–Crippen LogP) is 2.44. The molecule has 0 radical (unpaired) electrons. The molecule has 2 aromatic carbocycles. The summed E-state index contributed by atoms with van der Waals surface area (Å²) >= 11 is 0. The third-order valence-electron chi connectivity index (χ3n) is 4.68. The first-order chi connectivity index (χ1) is 17.2. The molecule has 0 amide bonds. The summed E-state index contributed by atoms with van der Waals surface area (Å²) in [5, 5.41) is 8.81. The summed E-state index contributed by atoms with van der Waals surface area (Å²) in [6.07, 6.45) is -0.466. The van der Waals surface area contributed by atoms with Crippen LogP contribution >= 0.6 is 0 Å². The van der Waals surface area contributed by atoms with Crippen LogP contribution in [0.15, 0.2) is 48.5 Å². The number of fused-ring (bicyclic) bond motifs is 2. The third-order valence-corrected chi connectivity index (χ3v) is 4.68. The number of hydrogen-bond acceptors (Lipinski definition) is 9. The van der Waals surface area contributed by atoms with Gasteiger partial charge in [0.25, 0.3) is 0 Å². The van der Waals surface area contributed by atoms with Crippen LogP contribution in [0, 0.1) is 0 Å². The van der Waals surface area contributed by atoms with E-state index in [2.05, 4.69) is 0 Å². The minimum atomic E-state index is -1.05. The lowest BCUT2D eigenvalue weighted by Crippen LogP contribution is -2.29. The minimum absolute atomic E-state index is 0.0729. The number of aliphatic carboxylic acids is 1. The molecule has 1 unspecified atom stereocenters. The van der Waals surface area contributed by atoms with Crippen LogP contribution in [0.3, 0.4) is 0 Å². The van der Waals surface area contributed by atoms with Gasteiger partial charge in [0.15, 0.2) is 23.0 Å². The van der Waals surface area contributed by atoms with Crippen LogP contribution in [0.1, 0.15) is 0 Å². The lowest BCUT2D eigenvalue weighted by Gasteiger charge is -2.19. The number of carboxylic acid groups (broad SMARTS) is 1. The van der Waals surface area contributed by atoms with Crippen LogP contribution in [-0.4, -0.2) is 89.9 Å². The number of hydrogen-bond donors (Lipinski definition) is 1. The van der Waals surface area contributed by atoms with Gasteiger partial charge in [0, 0.05) is 0 Å². The number of benzene rings is 2. The maximum absolute atomic E-state index is 10.8. The molecular weight excluding hydrogens is 460 g/mol. The first-order valence-corrected chi connectivity index (χ1v) is 11.5. The van der Waals surface area contributed by atoms with E-state index in [9.17, 15) is 4.79 Å². The number of carbonyl (C=O) groups is 1. The Morgan fingerprint density at radius 1 is 0.714 bits per heavy atom. The van der Waals surface area contributed by atoms with Gasteiger partial charge < -0.3 is 43.0 Å². The van der Waals surface area contributed by atoms with Crippen molar-refractivity contribution in [2.45, 2.75) is 6.10 Å². The van der Waals surface area contributed by atoms with Crippen molar-refractivity contribution in [3.05, 3.63) is 48.5 Å². The monoisotopic (exact) mass is 492 g/mol. The van der Waals surface area contributed by atoms with E-state index in [0.29, 0.717) is 62.6 Å². The lowest BCUT2D eigenvalue weighted by molar-refractivity contribution is -0.144. The van der Waals surface area contributed by atoms with Crippen LogP contribution < -0.4 is 18.9 Å². The minimum Gasteiger partial charge on any atom is -0.487 e. The van der Waals surface area contributed by atoms with Gasteiger partial charge in [-0.1, -0.05) is 24.3 Å². The summed E-state index contributed by atoms with van der Waals surface area (Å²) in [4.78, 5) is 10.8. The van der Waals surface area contributed by atoms with Crippen molar-refractivity contribution in [2.75, 3.05) is 72.7 Å². The summed E-state index contributed by atoms with van der Waals surface area (Å²) in [5.74, 6) is 1.38. The Morgan fingerprint density at radius 3 is 1.66 bits per heavy atom. The maximum Gasteiger partial charge on any atom is 0.329 e. The van der Waals surface area contributed by atoms with E-state index in [-0.39, 0.29) is 26.4 Å². The molecule has 0 aliphatic carbocycles. The van der Waals surface area contributed by atoms with Gasteiger partial charge in [-0.15, -0.1) is 0 Å². The van der Waals surface area contributed by atoms with E-state index in [1.54, 1.807) is 0 Å². The van der Waals surface area contributed by atoms with Gasteiger partial charge in [0.05, 0.1) is 39.6 Å². The zero-order valence-electron chi connectivity index (χ0n) is 19.6. The summed E-state index contributed by atoms with van der Waals surface area (Å²) in [5.41, 5.74) is 0. The molecule has 1 N–H and O–H groups in total. The van der Waals surface area contributed by atoms with Crippen molar-refractivity contribution in [3.63, 3.8) is 0 Å². The second-order valence-electron chi connectivity index (χ2n) is 7.38. The molecule has 0 fully saturated rings. The smallest absolute Gasteiger partial charge is 0.329 e. The van der Waals surface area contributed by atoms with Crippen LogP contribution in [0.4, 0.5) is 0 Å². The van der Waals surface area contributed by atoms with Crippen LogP contribution in [-0.2, 0) is 23.7 Å². The molecule has 1 atom stereocenters. The van der Waals surface area contributed by atoms with E-state index < -0.39 is 18.7 Å². The van der Waals surface area contributed by atoms with Gasteiger partial charge in [-0.2, -0.15) is 0 Å². The van der Waals surface area contributed by atoms with Gasteiger partial charge in [0.1, 0.15) is 39.1 Å². The largest absolute Gasteiger partial charge is 0.487 e. The molecule has 3 rings (SSSR count). The van der Waals surface area contributed by atoms with Crippen molar-refractivity contribution < 1.29 is 47.8 Å². The Balaban J connectivity index is 1.58. The molecule has 1 heterocycles. The topological polar surface area (TPSA) is 111 Å². The predicted molar refractivity (Wildman–Crippen MR) is 125 cm³/mol. The summed E-state index contributed by atoms with van der Waals surface area (Å²) < 4.78 is 45.4. The fourth-order valence-corrected chi connectivity index (χ4v) is 3.11. The molecule has 10 nitrogen and oxygen atoms in total. The molecule has 0 spiro atoms. The van der Waals surface area contributed by atoms with Crippen molar-refractivity contribution in [3.8, 4) is 23.0 Å². The zero-order valence-corrected chi connectivity index (χ0v) is 19.6. The average Bonchev–Trinajstić information content (AvgIpc) is 2.86. The van der Waals surface area contributed by atoms with Crippen molar-refractivity contribution in [1.82, 2.24) is 0 Å². The molecule has 1 aliphatic rings. The SMILES string of the molecule is O=C(O)COCC1COCCOc2ccccc2OCCOCCOc2ccccc2OCCO1. The van der Waals surface area contributed by atoms with Gasteiger partial charge in [0.2, 0.25) is 0 Å². The highest BCUT2D eigenvalue weighted by atomic mass is 16.6. The Hall–Kier alpha value is -3.05. The second kappa shape index (κ2) is 15.8. The molecule has 0 saturated heterocycles. The first-order valence-electron chi connectivity index (χ1n) is 11.5. The quantitative estimate of drug-likeness (QED) is 0.683. The van der Waals surface area contributed by atoms with Gasteiger partial charge in [-0.3, -0.25) is 0 Å². The highest BCUT2D eigenvalue weighted by molar-refractivity contribution is 5.67. The average molecular weight is 493 g/mol. The van der Waals surface area contributed by atoms with Gasteiger partial charge in [-0.25, -0.2) is 4.79 Å². The maximum atomic E-state index is 10.8. The van der Waals surface area contributed by atoms with E-state index in [1.165, 1.54) is 0 Å². The highest BCUT2D eigenvalue weighted by Crippen LogP contribution is 2.27. The zero-order chi connectivity index (χ0) is 24.6. The summed E-state index contributed by atoms with van der Waals surface area (Å²) in [7, 11) is 0. The standard InChI is InChI=1S/C25H32O10/c26-25(27)19-30-18-20-17-29-11-14-34-22-6-2-1-5-21(22)32-12-9-28-10-13-33-23-7-3-4-8-24(23)35-16-15-31-20/h1-8,20H,9-19H2,(H,26,27). The number of carboxylic acids is 1. The Bertz CT molecular complexity index is 875. The van der Waals surface area contributed by atoms with Crippen LogP contribution in [0.25, 0.3) is 0 Å². The number of para-hydroxylation sites is 4. The molecule has 35 heavy (non-hydrogen) atoms. The Kier molecular flexibility index (Phi) is 12.0.